The van der Waals surface area contributed by atoms with Crippen molar-refractivity contribution in [2.45, 2.75) is 27.7 Å². The lowest BCUT2D eigenvalue weighted by atomic mass is 10.2. The van der Waals surface area contributed by atoms with E-state index in [2.05, 4.69) is 32.8 Å². The Morgan fingerprint density at radius 3 is 1.76 bits per heavy atom. The summed E-state index contributed by atoms with van der Waals surface area (Å²) in [6.45, 7) is 6.80. The molecule has 0 bridgehead atoms. The molecule has 0 unspecified atom stereocenters. The number of ether oxygens (including phenoxy) is 4. The van der Waals surface area contributed by atoms with Crippen LogP contribution in [0.15, 0.2) is 79.0 Å². The first kappa shape index (κ1) is 31.5. The van der Waals surface area contributed by atoms with Crippen LogP contribution in [0.2, 0.25) is 0 Å². The quantitative estimate of drug-likeness (QED) is 0.102. The summed E-state index contributed by atoms with van der Waals surface area (Å²) in [6, 6.07) is 22.5. The van der Waals surface area contributed by atoms with E-state index in [1.54, 1.807) is 32.4 Å². The lowest BCUT2D eigenvalue weighted by Gasteiger charge is -2.09. The van der Waals surface area contributed by atoms with Gasteiger partial charge < -0.3 is 18.9 Å². The van der Waals surface area contributed by atoms with Gasteiger partial charge in [0.15, 0.2) is 0 Å². The molecular weight excluding hydrogens is 687 g/mol. The number of carbonyl (C=O) groups is 2. The maximum Gasteiger partial charge on any atom is 0.308 e. The van der Waals surface area contributed by atoms with Gasteiger partial charge in [-0.25, -0.2) is 9.36 Å². The lowest BCUT2D eigenvalue weighted by molar-refractivity contribution is -0.132. The Labute approximate surface area is 273 Å². The smallest absolute Gasteiger partial charge is 0.308 e. The van der Waals surface area contributed by atoms with Crippen LogP contribution >= 0.6 is 22.6 Å². The summed E-state index contributed by atoms with van der Waals surface area (Å²) in [4.78, 5) is 22.1. The molecule has 11 heteroatoms. The SMILES string of the molecule is COc1ccc(-n2cc3cc(OC(C)=O)ccc3n2)c(C)c1.COc1ccc(-n2nc3ccc(OC(C)=O)cc3c2I)c(C)c1. The minimum atomic E-state index is -0.335. The average Bonchev–Trinajstić information content (AvgIpc) is 3.57. The molecular formula is C34H31IN4O6. The molecule has 0 aliphatic heterocycles. The van der Waals surface area contributed by atoms with Gasteiger partial charge in [-0.1, -0.05) is 0 Å². The zero-order chi connectivity index (χ0) is 32.2. The first-order valence-electron chi connectivity index (χ1n) is 13.9. The fourth-order valence-electron chi connectivity index (χ4n) is 4.78. The highest BCUT2D eigenvalue weighted by Crippen LogP contribution is 2.29. The Bertz CT molecular complexity index is 2050. The van der Waals surface area contributed by atoms with Crippen LogP contribution in [0.4, 0.5) is 0 Å². The lowest BCUT2D eigenvalue weighted by Crippen LogP contribution is -2.01. The van der Waals surface area contributed by atoms with E-state index in [0.717, 1.165) is 59.5 Å². The number of rotatable bonds is 6. The van der Waals surface area contributed by atoms with Crippen molar-refractivity contribution in [2.75, 3.05) is 14.2 Å². The van der Waals surface area contributed by atoms with E-state index in [1.165, 1.54) is 13.8 Å². The van der Waals surface area contributed by atoms with Crippen molar-refractivity contribution in [1.82, 2.24) is 19.6 Å². The maximum atomic E-state index is 11.1. The third-order valence-electron chi connectivity index (χ3n) is 6.87. The molecule has 2 heterocycles. The minimum absolute atomic E-state index is 0.335. The molecule has 6 rings (SSSR count). The second-order valence-electron chi connectivity index (χ2n) is 10.2. The number of nitrogens with zero attached hydrogens (tertiary/aromatic N) is 4. The van der Waals surface area contributed by atoms with Crippen LogP contribution in [-0.2, 0) is 9.59 Å². The summed E-state index contributed by atoms with van der Waals surface area (Å²) in [6.07, 6.45) is 1.91. The highest BCUT2D eigenvalue weighted by Gasteiger charge is 2.14. The summed E-state index contributed by atoms with van der Waals surface area (Å²) in [5.41, 5.74) is 5.78. The van der Waals surface area contributed by atoms with Gasteiger partial charge in [-0.15, -0.1) is 0 Å². The van der Waals surface area contributed by atoms with Gasteiger partial charge >= 0.3 is 11.9 Å². The fraction of sp³-hybridized carbons (Fsp3) is 0.176. The number of carbonyl (C=O) groups excluding carboxylic acids is 2. The summed E-state index contributed by atoms with van der Waals surface area (Å²) in [7, 11) is 3.30. The van der Waals surface area contributed by atoms with Gasteiger partial charge in [-0.3, -0.25) is 9.59 Å². The highest BCUT2D eigenvalue weighted by atomic mass is 127. The fourth-order valence-corrected chi connectivity index (χ4v) is 5.58. The molecule has 230 valence electrons. The van der Waals surface area contributed by atoms with E-state index in [0.29, 0.717) is 11.5 Å². The number of esters is 2. The normalized spacial score (nSPS) is 10.7. The number of fused-ring (bicyclic) bond motifs is 2. The molecule has 0 aliphatic carbocycles. The summed E-state index contributed by atoms with van der Waals surface area (Å²) in [5.74, 6) is 2.00. The highest BCUT2D eigenvalue weighted by molar-refractivity contribution is 14.1. The molecule has 0 N–H and O–H groups in total. The van der Waals surface area contributed by atoms with Crippen molar-refractivity contribution < 1.29 is 28.5 Å². The van der Waals surface area contributed by atoms with Crippen LogP contribution in [0.1, 0.15) is 25.0 Å². The van der Waals surface area contributed by atoms with Crippen LogP contribution in [-0.4, -0.2) is 45.7 Å². The molecule has 0 aliphatic rings. The van der Waals surface area contributed by atoms with E-state index >= 15 is 0 Å². The van der Waals surface area contributed by atoms with Gasteiger partial charge in [-0.2, -0.15) is 10.2 Å². The Balaban J connectivity index is 0.000000178. The summed E-state index contributed by atoms with van der Waals surface area (Å²) in [5, 5.41) is 11.1. The van der Waals surface area contributed by atoms with Crippen LogP contribution in [0.3, 0.4) is 0 Å². The molecule has 4 aromatic carbocycles. The number of halogens is 1. The first-order valence-corrected chi connectivity index (χ1v) is 15.0. The molecule has 0 amide bonds. The number of hydrogen-bond acceptors (Lipinski definition) is 8. The number of methoxy groups -OCH3 is 2. The molecule has 2 aromatic heterocycles. The second-order valence-corrected chi connectivity index (χ2v) is 11.2. The molecule has 0 fully saturated rings. The predicted octanol–water partition coefficient (Wildman–Crippen LogP) is 7.14. The van der Waals surface area contributed by atoms with Gasteiger partial charge in [0.1, 0.15) is 26.7 Å². The molecule has 10 nitrogen and oxygen atoms in total. The number of benzene rings is 4. The van der Waals surface area contributed by atoms with Crippen molar-refractivity contribution in [1.29, 1.82) is 0 Å². The van der Waals surface area contributed by atoms with Gasteiger partial charge in [-0.05, 0) is 120 Å². The Hall–Kier alpha value is -4.91. The van der Waals surface area contributed by atoms with E-state index in [1.807, 2.05) is 84.0 Å². The number of aryl methyl sites for hydroxylation is 2. The van der Waals surface area contributed by atoms with Crippen LogP contribution < -0.4 is 18.9 Å². The maximum absolute atomic E-state index is 11.1. The van der Waals surface area contributed by atoms with Crippen molar-refractivity contribution in [3.63, 3.8) is 0 Å². The summed E-state index contributed by atoms with van der Waals surface area (Å²) < 4.78 is 25.4. The molecule has 0 atom stereocenters. The van der Waals surface area contributed by atoms with Crippen molar-refractivity contribution in [2.24, 2.45) is 0 Å². The third-order valence-corrected chi connectivity index (χ3v) is 7.90. The first-order chi connectivity index (χ1) is 21.6. The van der Waals surface area contributed by atoms with Crippen molar-refractivity contribution >= 4 is 56.3 Å². The van der Waals surface area contributed by atoms with E-state index < -0.39 is 0 Å². The number of hydrogen-bond donors (Lipinski definition) is 0. The number of aromatic nitrogens is 4. The Morgan fingerprint density at radius 1 is 0.667 bits per heavy atom. The topological polar surface area (TPSA) is 107 Å². The second kappa shape index (κ2) is 13.4. The third kappa shape index (κ3) is 7.09. The van der Waals surface area contributed by atoms with Gasteiger partial charge in [0.2, 0.25) is 0 Å². The average molecular weight is 719 g/mol. The Morgan fingerprint density at radius 2 is 1.20 bits per heavy atom. The molecule has 45 heavy (non-hydrogen) atoms. The molecule has 0 saturated carbocycles. The minimum Gasteiger partial charge on any atom is -0.497 e. The van der Waals surface area contributed by atoms with Crippen LogP contribution in [0, 0.1) is 17.5 Å². The standard InChI is InChI=1S/C17H15IN2O3.C17H16N2O3/c1-10-8-12(22-3)5-7-16(10)20-17(18)14-9-13(23-11(2)21)4-6-15(14)19-20;1-11-8-14(21-3)5-7-17(11)19-10-13-9-15(22-12(2)20)4-6-16(13)18-19/h4-9H,1-3H3;4-10H,1-3H3. The van der Waals surface area contributed by atoms with E-state index in [-0.39, 0.29) is 11.9 Å². The molecule has 0 spiro atoms. The summed E-state index contributed by atoms with van der Waals surface area (Å²) >= 11 is 2.25. The van der Waals surface area contributed by atoms with Crippen LogP contribution in [0.5, 0.6) is 23.0 Å². The van der Waals surface area contributed by atoms with E-state index in [9.17, 15) is 9.59 Å². The largest absolute Gasteiger partial charge is 0.497 e. The predicted molar refractivity (Wildman–Crippen MR) is 180 cm³/mol. The Kier molecular flexibility index (Phi) is 9.37. The zero-order valence-electron chi connectivity index (χ0n) is 25.6. The van der Waals surface area contributed by atoms with Crippen LogP contribution in [0.25, 0.3) is 33.2 Å². The van der Waals surface area contributed by atoms with E-state index in [4.69, 9.17) is 18.9 Å². The molecule has 0 radical (unpaired) electrons. The zero-order valence-corrected chi connectivity index (χ0v) is 27.8. The molecule has 6 aromatic rings. The van der Waals surface area contributed by atoms with Gasteiger partial charge in [0.05, 0.1) is 36.6 Å². The van der Waals surface area contributed by atoms with Gasteiger partial charge in [0.25, 0.3) is 0 Å². The van der Waals surface area contributed by atoms with Crippen molar-refractivity contribution in [3.05, 3.63) is 93.8 Å². The molecule has 0 saturated heterocycles. The monoisotopic (exact) mass is 718 g/mol. The van der Waals surface area contributed by atoms with Crippen molar-refractivity contribution in [3.8, 4) is 34.4 Å². The van der Waals surface area contributed by atoms with Gasteiger partial charge in [0, 0.05) is 30.8 Å².